The summed E-state index contributed by atoms with van der Waals surface area (Å²) in [6, 6.07) is 15.5. The van der Waals surface area contributed by atoms with Crippen molar-refractivity contribution in [3.05, 3.63) is 77.8 Å². The molecule has 1 aromatic heterocycles. The number of hydrogen-bond donors (Lipinski definition) is 2. The molecule has 0 unspecified atom stereocenters. The van der Waals surface area contributed by atoms with E-state index in [1.165, 1.54) is 12.4 Å². The number of nitrogens with zero attached hydrogens (tertiary/aromatic N) is 1. The van der Waals surface area contributed by atoms with Crippen molar-refractivity contribution in [3.63, 3.8) is 0 Å². The molecule has 6 nitrogen and oxygen atoms in total. The molecule has 0 aliphatic carbocycles. The third-order valence-corrected chi connectivity index (χ3v) is 3.79. The summed E-state index contributed by atoms with van der Waals surface area (Å²) >= 11 is 0. The maximum atomic E-state index is 12.4. The van der Waals surface area contributed by atoms with Crippen molar-refractivity contribution < 1.29 is 14.3 Å². The second kappa shape index (κ2) is 6.92. The Morgan fingerprint density at radius 3 is 2.36 bits per heavy atom. The Bertz CT molecular complexity index is 891. The summed E-state index contributed by atoms with van der Waals surface area (Å²) in [7, 11) is 1.57. The van der Waals surface area contributed by atoms with Crippen molar-refractivity contribution >= 4 is 17.3 Å². The van der Waals surface area contributed by atoms with Gasteiger partial charge in [-0.25, -0.2) is 0 Å². The minimum atomic E-state index is -0.267. The van der Waals surface area contributed by atoms with Gasteiger partial charge in [0.1, 0.15) is 5.75 Å². The number of nitrogen functional groups attached to an aromatic ring is 1. The van der Waals surface area contributed by atoms with Crippen molar-refractivity contribution in [1.29, 1.82) is 0 Å². The molecule has 0 aliphatic heterocycles. The highest BCUT2D eigenvalue weighted by Gasteiger charge is 2.10. The predicted octanol–water partition coefficient (Wildman–Crippen LogP) is 2.83. The SMILES string of the molecule is COc1ccc(C(=O)Nc2cc(-c3cc[n+]([O-])cc3)ccc2N)cc1. The average Bonchev–Trinajstić information content (AvgIpc) is 2.64. The molecule has 3 aromatic rings. The predicted molar refractivity (Wildman–Crippen MR) is 96.2 cm³/mol. The zero-order chi connectivity index (χ0) is 17.8. The highest BCUT2D eigenvalue weighted by molar-refractivity contribution is 6.06. The fraction of sp³-hybridized carbons (Fsp3) is 0.0526. The number of pyridine rings is 1. The molecule has 0 saturated carbocycles. The standard InChI is InChI=1S/C19H17N3O3/c1-25-16-5-2-14(3-6-16)19(23)21-18-12-15(4-7-17(18)20)13-8-10-22(24)11-9-13/h2-12H,20H2,1H3,(H,21,23). The summed E-state index contributed by atoms with van der Waals surface area (Å²) in [5.41, 5.74) is 9.14. The highest BCUT2D eigenvalue weighted by atomic mass is 16.5. The summed E-state index contributed by atoms with van der Waals surface area (Å²) in [5.74, 6) is 0.412. The number of anilines is 2. The highest BCUT2D eigenvalue weighted by Crippen LogP contribution is 2.27. The molecule has 0 atom stereocenters. The van der Waals surface area contributed by atoms with Gasteiger partial charge >= 0.3 is 0 Å². The molecular weight excluding hydrogens is 318 g/mol. The Balaban J connectivity index is 1.84. The summed E-state index contributed by atoms with van der Waals surface area (Å²) < 4.78 is 5.80. The van der Waals surface area contributed by atoms with Crippen LogP contribution in [0.5, 0.6) is 5.75 Å². The van der Waals surface area contributed by atoms with Crippen molar-refractivity contribution in [3.8, 4) is 16.9 Å². The van der Waals surface area contributed by atoms with Gasteiger partial charge in [-0.3, -0.25) is 4.79 Å². The van der Waals surface area contributed by atoms with E-state index < -0.39 is 0 Å². The van der Waals surface area contributed by atoms with Crippen molar-refractivity contribution in [2.24, 2.45) is 0 Å². The van der Waals surface area contributed by atoms with Crippen molar-refractivity contribution in [1.82, 2.24) is 0 Å². The number of carbonyl (C=O) groups excluding carboxylic acids is 1. The van der Waals surface area contributed by atoms with Crippen LogP contribution in [0.4, 0.5) is 11.4 Å². The van der Waals surface area contributed by atoms with E-state index in [0.717, 1.165) is 11.1 Å². The average molecular weight is 335 g/mol. The van der Waals surface area contributed by atoms with E-state index in [2.05, 4.69) is 5.32 Å². The molecule has 0 fully saturated rings. The lowest BCUT2D eigenvalue weighted by Gasteiger charge is -2.11. The molecule has 0 bridgehead atoms. The van der Waals surface area contributed by atoms with Crippen molar-refractivity contribution in [2.45, 2.75) is 0 Å². The van der Waals surface area contributed by atoms with Crippen LogP contribution in [0.25, 0.3) is 11.1 Å². The largest absolute Gasteiger partial charge is 0.619 e. The smallest absolute Gasteiger partial charge is 0.255 e. The van der Waals surface area contributed by atoms with Crippen LogP contribution in [-0.2, 0) is 0 Å². The topological polar surface area (TPSA) is 91.3 Å². The molecule has 1 heterocycles. The van der Waals surface area contributed by atoms with E-state index in [9.17, 15) is 10.0 Å². The van der Waals surface area contributed by atoms with Gasteiger partial charge in [0.2, 0.25) is 0 Å². The third kappa shape index (κ3) is 3.69. The maximum absolute atomic E-state index is 12.4. The minimum Gasteiger partial charge on any atom is -0.619 e. The van der Waals surface area contributed by atoms with Crippen molar-refractivity contribution in [2.75, 3.05) is 18.2 Å². The first-order valence-electron chi connectivity index (χ1n) is 7.61. The van der Waals surface area contributed by atoms with E-state index in [4.69, 9.17) is 10.5 Å². The number of hydrogen-bond acceptors (Lipinski definition) is 4. The Labute approximate surface area is 145 Å². The quantitative estimate of drug-likeness (QED) is 0.436. The minimum absolute atomic E-state index is 0.267. The lowest BCUT2D eigenvalue weighted by atomic mass is 10.1. The van der Waals surface area contributed by atoms with E-state index in [1.54, 1.807) is 55.6 Å². The fourth-order valence-corrected chi connectivity index (χ4v) is 2.39. The number of ether oxygens (including phenoxy) is 1. The van der Waals surface area contributed by atoms with Gasteiger partial charge in [0.25, 0.3) is 5.91 Å². The van der Waals surface area contributed by atoms with Gasteiger partial charge in [-0.15, -0.1) is 0 Å². The molecule has 0 spiro atoms. The van der Waals surface area contributed by atoms with Crippen LogP contribution in [-0.4, -0.2) is 13.0 Å². The summed E-state index contributed by atoms with van der Waals surface area (Å²) in [4.78, 5) is 12.4. The van der Waals surface area contributed by atoms with Crippen LogP contribution >= 0.6 is 0 Å². The Morgan fingerprint density at radius 2 is 1.72 bits per heavy atom. The van der Waals surface area contributed by atoms with Gasteiger partial charge in [-0.05, 0) is 47.5 Å². The molecule has 2 aromatic carbocycles. The normalized spacial score (nSPS) is 10.3. The van der Waals surface area contributed by atoms with Gasteiger partial charge in [-0.2, -0.15) is 4.73 Å². The van der Waals surface area contributed by atoms with Gasteiger partial charge < -0.3 is 21.0 Å². The summed E-state index contributed by atoms with van der Waals surface area (Å²) in [6.07, 6.45) is 2.84. The molecule has 25 heavy (non-hydrogen) atoms. The summed E-state index contributed by atoms with van der Waals surface area (Å²) in [6.45, 7) is 0. The number of aromatic nitrogens is 1. The van der Waals surface area contributed by atoms with E-state index in [0.29, 0.717) is 27.4 Å². The van der Waals surface area contributed by atoms with Gasteiger partial charge in [-0.1, -0.05) is 6.07 Å². The lowest BCUT2D eigenvalue weighted by molar-refractivity contribution is -0.605. The van der Waals surface area contributed by atoms with Crippen LogP contribution in [0.15, 0.2) is 67.0 Å². The van der Waals surface area contributed by atoms with Crippen LogP contribution < -0.4 is 20.5 Å². The fourth-order valence-electron chi connectivity index (χ4n) is 2.39. The second-order valence-electron chi connectivity index (χ2n) is 5.43. The number of methoxy groups -OCH3 is 1. The van der Waals surface area contributed by atoms with Crippen LogP contribution in [0.2, 0.25) is 0 Å². The number of nitrogens with one attached hydrogen (secondary N) is 1. The Kier molecular flexibility index (Phi) is 4.52. The molecule has 0 aliphatic rings. The molecular formula is C19H17N3O3. The van der Waals surface area contributed by atoms with Crippen LogP contribution in [0, 0.1) is 5.21 Å². The zero-order valence-corrected chi connectivity index (χ0v) is 13.6. The second-order valence-corrected chi connectivity index (χ2v) is 5.43. The third-order valence-electron chi connectivity index (χ3n) is 3.79. The number of rotatable bonds is 4. The zero-order valence-electron chi connectivity index (χ0n) is 13.6. The first-order chi connectivity index (χ1) is 12.1. The Hall–Kier alpha value is -3.54. The van der Waals surface area contributed by atoms with E-state index in [-0.39, 0.29) is 5.91 Å². The molecule has 0 radical (unpaired) electrons. The van der Waals surface area contributed by atoms with E-state index >= 15 is 0 Å². The van der Waals surface area contributed by atoms with Gasteiger partial charge in [0.15, 0.2) is 12.4 Å². The van der Waals surface area contributed by atoms with E-state index in [1.807, 2.05) is 6.07 Å². The Morgan fingerprint density at radius 1 is 1.04 bits per heavy atom. The lowest BCUT2D eigenvalue weighted by Crippen LogP contribution is -2.23. The van der Waals surface area contributed by atoms with Crippen LogP contribution in [0.1, 0.15) is 10.4 Å². The molecule has 6 heteroatoms. The molecule has 126 valence electrons. The maximum Gasteiger partial charge on any atom is 0.255 e. The van der Waals surface area contributed by atoms with Crippen LogP contribution in [0.3, 0.4) is 0 Å². The van der Waals surface area contributed by atoms with Gasteiger partial charge in [0.05, 0.1) is 18.5 Å². The summed E-state index contributed by atoms with van der Waals surface area (Å²) in [5, 5.41) is 14.0. The molecule has 3 rings (SSSR count). The van der Waals surface area contributed by atoms with Gasteiger partial charge in [0, 0.05) is 17.7 Å². The molecule has 3 N–H and O–H groups in total. The number of benzene rings is 2. The number of nitrogens with two attached hydrogens (primary N) is 1. The molecule has 0 saturated heterocycles. The monoisotopic (exact) mass is 335 g/mol. The first kappa shape index (κ1) is 16.3. The number of amides is 1. The number of carbonyl (C=O) groups is 1. The molecule has 1 amide bonds. The first-order valence-corrected chi connectivity index (χ1v) is 7.61.